The van der Waals surface area contributed by atoms with Gasteiger partial charge in [-0.3, -0.25) is 14.4 Å². The van der Waals surface area contributed by atoms with Gasteiger partial charge in [-0.1, -0.05) is 109 Å². The first kappa shape index (κ1) is 37.8. The largest absolute Gasteiger partial charge is 0.462 e. The van der Waals surface area contributed by atoms with Crippen molar-refractivity contribution in [2.24, 2.45) is 0 Å². The van der Waals surface area contributed by atoms with E-state index in [1.54, 1.807) is 85.8 Å². The number of esters is 1. The van der Waals surface area contributed by atoms with Gasteiger partial charge in [0.1, 0.15) is 21.5 Å². The number of amides is 3. The van der Waals surface area contributed by atoms with Crippen LogP contribution in [-0.4, -0.2) is 30.3 Å². The normalized spacial score (nSPS) is 11.6. The van der Waals surface area contributed by atoms with Crippen molar-refractivity contribution < 1.29 is 23.9 Å². The second-order valence-electron chi connectivity index (χ2n) is 11.7. The minimum absolute atomic E-state index is 0.0222. The van der Waals surface area contributed by atoms with Crippen molar-refractivity contribution >= 4 is 75.2 Å². The maximum atomic E-state index is 14.2. The molecule has 6 aromatic rings. The zero-order chi connectivity index (χ0) is 37.9. The van der Waals surface area contributed by atoms with Gasteiger partial charge in [0.25, 0.3) is 11.8 Å². The monoisotopic (exact) mass is 771 g/mol. The van der Waals surface area contributed by atoms with E-state index < -0.39 is 23.0 Å². The van der Waals surface area contributed by atoms with Gasteiger partial charge < -0.3 is 20.7 Å². The molecule has 0 aliphatic rings. The van der Waals surface area contributed by atoms with Crippen LogP contribution >= 0.6 is 34.7 Å². The van der Waals surface area contributed by atoms with Gasteiger partial charge in [-0.25, -0.2) is 4.79 Å². The summed E-state index contributed by atoms with van der Waals surface area (Å²) in [6.07, 6.45) is 1.57. The molecule has 6 rings (SSSR count). The number of rotatable bonds is 13. The highest BCUT2D eigenvalue weighted by Gasteiger charge is 2.27. The molecule has 1 heterocycles. The number of nitrogens with one attached hydrogen (secondary N) is 3. The van der Waals surface area contributed by atoms with E-state index in [0.717, 1.165) is 11.1 Å². The van der Waals surface area contributed by atoms with Crippen LogP contribution in [0, 0.1) is 0 Å². The molecule has 1 atom stereocenters. The number of carbonyl (C=O) groups is 4. The molecule has 0 spiro atoms. The Hall–Kier alpha value is -5.94. The van der Waals surface area contributed by atoms with E-state index in [1.165, 1.54) is 23.1 Å². The predicted molar refractivity (Wildman–Crippen MR) is 218 cm³/mol. The van der Waals surface area contributed by atoms with Crippen molar-refractivity contribution in [3.8, 4) is 11.1 Å². The summed E-state index contributed by atoms with van der Waals surface area (Å²) in [5.41, 5.74) is 4.06. The second-order valence-corrected chi connectivity index (χ2v) is 14.2. The van der Waals surface area contributed by atoms with Crippen LogP contribution in [0.5, 0.6) is 0 Å². The minimum atomic E-state index is -0.736. The first-order valence-corrected chi connectivity index (χ1v) is 19.0. The lowest BCUT2D eigenvalue weighted by molar-refractivity contribution is -0.116. The van der Waals surface area contributed by atoms with E-state index in [0.29, 0.717) is 42.9 Å². The van der Waals surface area contributed by atoms with Gasteiger partial charge in [0.2, 0.25) is 5.91 Å². The molecule has 0 fully saturated rings. The number of carbonyl (C=O) groups excluding carboxylic acids is 4. The second kappa shape index (κ2) is 18.2. The summed E-state index contributed by atoms with van der Waals surface area (Å²) in [4.78, 5) is 54.9. The van der Waals surface area contributed by atoms with E-state index in [-0.39, 0.29) is 18.2 Å². The fraction of sp³-hybridized carbons (Fsp3) is 0.0698. The van der Waals surface area contributed by atoms with E-state index >= 15 is 0 Å². The Kier molecular flexibility index (Phi) is 12.7. The molecule has 0 bridgehead atoms. The average molecular weight is 772 g/mol. The average Bonchev–Trinajstić information content (AvgIpc) is 3.62. The van der Waals surface area contributed by atoms with Gasteiger partial charge in [-0.05, 0) is 72.2 Å². The van der Waals surface area contributed by atoms with Crippen molar-refractivity contribution in [2.45, 2.75) is 17.1 Å². The standard InChI is InChI=1S/C43H34ClN3O5S2/c1-2-52-43(51)37-35(29-13-6-3-7-14-29)27-53-42(37)47-41(50)38(30-15-8-4-9-16-30)54-34-20-12-19-33(26-34)45-40(49)36(25-28-21-23-32(44)24-22-28)46-39(48)31-17-10-5-11-18-31/h3-27,38H,2H2,1H3,(H,45,49)(H,46,48)(H,47,50)/b36-25+. The predicted octanol–water partition coefficient (Wildman–Crippen LogP) is 10.1. The highest BCUT2D eigenvalue weighted by Crippen LogP contribution is 2.40. The topological polar surface area (TPSA) is 114 Å². The number of benzene rings is 5. The van der Waals surface area contributed by atoms with Gasteiger partial charge >= 0.3 is 5.97 Å². The van der Waals surface area contributed by atoms with Crippen LogP contribution in [0.2, 0.25) is 5.02 Å². The molecule has 0 saturated carbocycles. The first-order chi connectivity index (χ1) is 26.3. The van der Waals surface area contributed by atoms with Crippen molar-refractivity contribution in [3.05, 3.63) is 178 Å². The molecule has 8 nitrogen and oxygen atoms in total. The molecule has 3 amide bonds. The fourth-order valence-corrected chi connectivity index (χ4v) is 7.58. The Morgan fingerprint density at radius 1 is 0.796 bits per heavy atom. The summed E-state index contributed by atoms with van der Waals surface area (Å²) in [6.45, 7) is 1.92. The Labute approximate surface area is 326 Å². The van der Waals surface area contributed by atoms with Crippen LogP contribution in [0.15, 0.2) is 155 Å². The number of halogens is 1. The number of hydrogen-bond donors (Lipinski definition) is 3. The zero-order valence-electron chi connectivity index (χ0n) is 29.0. The Balaban J connectivity index is 1.25. The van der Waals surface area contributed by atoms with Crippen molar-refractivity contribution in [1.29, 1.82) is 0 Å². The van der Waals surface area contributed by atoms with Crippen LogP contribution < -0.4 is 16.0 Å². The summed E-state index contributed by atoms with van der Waals surface area (Å²) in [7, 11) is 0. The van der Waals surface area contributed by atoms with E-state index in [2.05, 4.69) is 16.0 Å². The SMILES string of the molecule is CCOC(=O)c1c(-c2ccccc2)csc1NC(=O)C(Sc1cccc(NC(=O)/C(=C\c2ccc(Cl)cc2)NC(=O)c2ccccc2)c1)c1ccccc1. The van der Waals surface area contributed by atoms with E-state index in [9.17, 15) is 19.2 Å². The van der Waals surface area contributed by atoms with Gasteiger partial charge in [-0.15, -0.1) is 23.1 Å². The van der Waals surface area contributed by atoms with Crippen molar-refractivity contribution in [3.63, 3.8) is 0 Å². The molecular weight excluding hydrogens is 738 g/mol. The number of hydrogen-bond acceptors (Lipinski definition) is 7. The zero-order valence-corrected chi connectivity index (χ0v) is 31.3. The lowest BCUT2D eigenvalue weighted by atomic mass is 10.0. The maximum absolute atomic E-state index is 14.2. The molecule has 3 N–H and O–H groups in total. The highest BCUT2D eigenvalue weighted by molar-refractivity contribution is 8.00. The highest BCUT2D eigenvalue weighted by atomic mass is 35.5. The van der Waals surface area contributed by atoms with E-state index in [4.69, 9.17) is 16.3 Å². The quantitative estimate of drug-likeness (QED) is 0.0612. The van der Waals surface area contributed by atoms with Crippen LogP contribution in [0.4, 0.5) is 10.7 Å². The van der Waals surface area contributed by atoms with Gasteiger partial charge in [0, 0.05) is 32.1 Å². The summed E-state index contributed by atoms with van der Waals surface area (Å²) >= 11 is 8.62. The molecule has 5 aromatic carbocycles. The molecule has 270 valence electrons. The molecule has 1 unspecified atom stereocenters. The number of ether oxygens (including phenoxy) is 1. The summed E-state index contributed by atoms with van der Waals surface area (Å²) < 4.78 is 5.40. The van der Waals surface area contributed by atoms with Gasteiger partial charge in [0.05, 0.1) is 6.61 Å². The summed E-state index contributed by atoms with van der Waals surface area (Å²) in [5, 5.41) is 10.7. The van der Waals surface area contributed by atoms with Crippen LogP contribution in [0.3, 0.4) is 0 Å². The number of anilines is 2. The molecule has 0 saturated heterocycles. The maximum Gasteiger partial charge on any atom is 0.341 e. The molecule has 1 aromatic heterocycles. The van der Waals surface area contributed by atoms with Crippen LogP contribution in [0.25, 0.3) is 17.2 Å². The van der Waals surface area contributed by atoms with E-state index in [1.807, 2.05) is 72.1 Å². The van der Waals surface area contributed by atoms with Crippen molar-refractivity contribution in [2.75, 3.05) is 17.2 Å². The molecule has 54 heavy (non-hydrogen) atoms. The third-order valence-electron chi connectivity index (χ3n) is 7.99. The van der Waals surface area contributed by atoms with Gasteiger partial charge in [0.15, 0.2) is 0 Å². The van der Waals surface area contributed by atoms with Crippen LogP contribution in [-0.2, 0) is 14.3 Å². The number of thioether (sulfide) groups is 1. The Morgan fingerprint density at radius 3 is 2.15 bits per heavy atom. The molecule has 11 heteroatoms. The smallest absolute Gasteiger partial charge is 0.341 e. The third-order valence-corrected chi connectivity index (χ3v) is 10.4. The van der Waals surface area contributed by atoms with Crippen molar-refractivity contribution in [1.82, 2.24) is 5.32 Å². The third kappa shape index (κ3) is 9.73. The van der Waals surface area contributed by atoms with Crippen LogP contribution in [0.1, 0.15) is 44.0 Å². The minimum Gasteiger partial charge on any atom is -0.462 e. The molecule has 0 aliphatic carbocycles. The number of thiophene rings is 1. The first-order valence-electron chi connectivity index (χ1n) is 16.9. The lowest BCUT2D eigenvalue weighted by Gasteiger charge is -2.18. The molecule has 0 radical (unpaired) electrons. The van der Waals surface area contributed by atoms with Gasteiger partial charge in [-0.2, -0.15) is 0 Å². The lowest BCUT2D eigenvalue weighted by Crippen LogP contribution is -2.30. The fourth-order valence-electron chi connectivity index (χ4n) is 5.41. The summed E-state index contributed by atoms with van der Waals surface area (Å²) in [6, 6.07) is 41.3. The summed E-state index contributed by atoms with van der Waals surface area (Å²) in [5.74, 6) is -1.86. The molecule has 0 aliphatic heterocycles. The molecular formula is C43H34ClN3O5S2. The Morgan fingerprint density at radius 2 is 1.46 bits per heavy atom. The Bertz CT molecular complexity index is 2280.